The second-order valence-electron chi connectivity index (χ2n) is 7.29. The zero-order valence-corrected chi connectivity index (χ0v) is 17.4. The lowest BCUT2D eigenvalue weighted by atomic mass is 10.2. The number of pyridine rings is 1. The molecule has 1 N–H and O–H groups in total. The smallest absolute Gasteiger partial charge is 0.194 e. The van der Waals surface area contributed by atoms with Crippen LogP contribution in [0.1, 0.15) is 25.1 Å². The number of rotatable bonds is 6. The van der Waals surface area contributed by atoms with Gasteiger partial charge in [-0.25, -0.2) is 9.98 Å². The van der Waals surface area contributed by atoms with E-state index in [4.69, 9.17) is 9.73 Å². The van der Waals surface area contributed by atoms with E-state index in [0.29, 0.717) is 6.54 Å². The molecule has 7 heteroatoms. The Hall–Kier alpha value is -2.54. The van der Waals surface area contributed by atoms with Gasteiger partial charge in [-0.1, -0.05) is 6.07 Å². The molecule has 28 heavy (non-hydrogen) atoms. The number of morpholine rings is 1. The Labute approximate surface area is 168 Å². The van der Waals surface area contributed by atoms with E-state index in [1.807, 2.05) is 6.20 Å². The highest BCUT2D eigenvalue weighted by molar-refractivity contribution is 5.79. The Morgan fingerprint density at radius 2 is 2.25 bits per heavy atom. The van der Waals surface area contributed by atoms with Crippen molar-refractivity contribution in [2.75, 3.05) is 38.2 Å². The lowest BCUT2D eigenvalue weighted by Crippen LogP contribution is -2.41. The Morgan fingerprint density at radius 3 is 2.89 bits per heavy atom. The minimum absolute atomic E-state index is 0.252. The van der Waals surface area contributed by atoms with Crippen molar-refractivity contribution >= 4 is 11.8 Å². The van der Waals surface area contributed by atoms with E-state index in [-0.39, 0.29) is 6.10 Å². The minimum atomic E-state index is 0.252. The summed E-state index contributed by atoms with van der Waals surface area (Å²) in [6, 6.07) is 8.40. The van der Waals surface area contributed by atoms with Crippen LogP contribution < -0.4 is 10.2 Å². The van der Waals surface area contributed by atoms with E-state index in [0.717, 1.165) is 50.1 Å². The molecule has 152 valence electrons. The van der Waals surface area contributed by atoms with Crippen LogP contribution in [0.5, 0.6) is 0 Å². The molecule has 7 nitrogen and oxygen atoms in total. The first-order chi connectivity index (χ1) is 13.6. The van der Waals surface area contributed by atoms with Gasteiger partial charge in [0.2, 0.25) is 0 Å². The number of guanidine groups is 1. The van der Waals surface area contributed by atoms with Crippen LogP contribution >= 0.6 is 0 Å². The average molecular weight is 385 g/mol. The van der Waals surface area contributed by atoms with Gasteiger partial charge >= 0.3 is 0 Å². The molecule has 0 radical (unpaired) electrons. The van der Waals surface area contributed by atoms with Gasteiger partial charge in [0.05, 0.1) is 25.8 Å². The molecular weight excluding hydrogens is 352 g/mol. The van der Waals surface area contributed by atoms with Gasteiger partial charge in [-0.05, 0) is 37.6 Å². The first kappa shape index (κ1) is 20.2. The predicted molar refractivity (Wildman–Crippen MR) is 114 cm³/mol. The van der Waals surface area contributed by atoms with E-state index < -0.39 is 0 Å². The maximum absolute atomic E-state index is 5.61. The van der Waals surface area contributed by atoms with E-state index >= 15 is 0 Å². The van der Waals surface area contributed by atoms with E-state index in [1.165, 1.54) is 5.69 Å². The number of aryl methyl sites for hydroxylation is 1. The van der Waals surface area contributed by atoms with Crippen LogP contribution in [0.15, 0.2) is 41.7 Å². The second kappa shape index (κ2) is 9.59. The summed E-state index contributed by atoms with van der Waals surface area (Å²) in [5.74, 6) is 1.91. The third-order valence-electron chi connectivity index (χ3n) is 4.93. The molecule has 0 spiro atoms. The minimum Gasteiger partial charge on any atom is -0.375 e. The van der Waals surface area contributed by atoms with Crippen LogP contribution in [-0.4, -0.2) is 59.8 Å². The van der Waals surface area contributed by atoms with Crippen LogP contribution in [0.25, 0.3) is 0 Å². The molecule has 0 aromatic carbocycles. The zero-order chi connectivity index (χ0) is 19.9. The summed E-state index contributed by atoms with van der Waals surface area (Å²) in [5.41, 5.74) is 2.35. The second-order valence-corrected chi connectivity index (χ2v) is 7.29. The SMILES string of the molecule is CCNC(=NCc1ccc(N2CCOC(C)C2)nc1)N(C)Cc1cccn1C. The fourth-order valence-corrected chi connectivity index (χ4v) is 3.34. The van der Waals surface area contributed by atoms with Crippen molar-refractivity contribution in [1.29, 1.82) is 0 Å². The predicted octanol–water partition coefficient (Wildman–Crippen LogP) is 2.24. The number of nitrogens with one attached hydrogen (secondary N) is 1. The molecule has 0 saturated carbocycles. The summed E-state index contributed by atoms with van der Waals surface area (Å²) in [7, 11) is 4.13. The van der Waals surface area contributed by atoms with Gasteiger partial charge in [0.1, 0.15) is 5.82 Å². The fourth-order valence-electron chi connectivity index (χ4n) is 3.34. The first-order valence-corrected chi connectivity index (χ1v) is 9.98. The normalized spacial score (nSPS) is 17.6. The number of anilines is 1. The van der Waals surface area contributed by atoms with Gasteiger partial charge in [-0.15, -0.1) is 0 Å². The Bertz CT molecular complexity index is 769. The highest BCUT2D eigenvalue weighted by Crippen LogP contribution is 2.16. The maximum atomic E-state index is 5.61. The van der Waals surface area contributed by atoms with Gasteiger partial charge in [-0.2, -0.15) is 0 Å². The van der Waals surface area contributed by atoms with Crippen LogP contribution in [0.3, 0.4) is 0 Å². The molecule has 0 amide bonds. The van der Waals surface area contributed by atoms with Gasteiger partial charge < -0.3 is 24.4 Å². The largest absolute Gasteiger partial charge is 0.375 e. The van der Waals surface area contributed by atoms with E-state index in [1.54, 1.807) is 0 Å². The van der Waals surface area contributed by atoms with Crippen LogP contribution in [0.2, 0.25) is 0 Å². The number of aromatic nitrogens is 2. The Morgan fingerprint density at radius 1 is 1.39 bits per heavy atom. The number of hydrogen-bond donors (Lipinski definition) is 1. The summed E-state index contributed by atoms with van der Waals surface area (Å²) in [6.07, 6.45) is 4.25. The molecular formula is C21H32N6O. The summed E-state index contributed by atoms with van der Waals surface area (Å²) in [5, 5.41) is 3.38. The van der Waals surface area contributed by atoms with Crippen LogP contribution in [-0.2, 0) is 24.9 Å². The highest BCUT2D eigenvalue weighted by atomic mass is 16.5. The fraction of sp³-hybridized carbons (Fsp3) is 0.524. The van der Waals surface area contributed by atoms with E-state index in [2.05, 4.69) is 83.1 Å². The van der Waals surface area contributed by atoms with Crippen molar-refractivity contribution in [3.63, 3.8) is 0 Å². The molecule has 3 heterocycles. The van der Waals surface area contributed by atoms with Crippen LogP contribution in [0.4, 0.5) is 5.82 Å². The quantitative estimate of drug-likeness (QED) is 0.611. The molecule has 2 aromatic rings. The van der Waals surface area contributed by atoms with Crippen molar-refractivity contribution in [3.05, 3.63) is 47.9 Å². The summed E-state index contributed by atoms with van der Waals surface area (Å²) in [6.45, 7) is 8.98. The summed E-state index contributed by atoms with van der Waals surface area (Å²) >= 11 is 0. The maximum Gasteiger partial charge on any atom is 0.194 e. The standard InChI is InChI=1S/C21H32N6O/c1-5-22-21(26(4)16-19-7-6-10-25(19)3)24-14-18-8-9-20(23-13-18)27-11-12-28-17(2)15-27/h6-10,13,17H,5,11-12,14-16H2,1-4H3,(H,22,24). The van der Waals surface area contributed by atoms with Crippen molar-refractivity contribution in [3.8, 4) is 0 Å². The van der Waals surface area contributed by atoms with Crippen LogP contribution in [0, 0.1) is 0 Å². The number of nitrogens with zero attached hydrogens (tertiary/aromatic N) is 5. The molecule has 2 aromatic heterocycles. The third kappa shape index (κ3) is 5.25. The molecule has 1 aliphatic rings. The number of aliphatic imine (C=N–C) groups is 1. The molecule has 1 fully saturated rings. The zero-order valence-electron chi connectivity index (χ0n) is 17.4. The van der Waals surface area contributed by atoms with Gasteiger partial charge in [0, 0.05) is 51.8 Å². The first-order valence-electron chi connectivity index (χ1n) is 9.98. The van der Waals surface area contributed by atoms with Crippen molar-refractivity contribution < 1.29 is 4.74 Å². The van der Waals surface area contributed by atoms with Gasteiger partial charge in [0.15, 0.2) is 5.96 Å². The monoisotopic (exact) mass is 384 g/mol. The average Bonchev–Trinajstić information content (AvgIpc) is 3.10. The number of ether oxygens (including phenoxy) is 1. The molecule has 0 bridgehead atoms. The molecule has 0 aliphatic carbocycles. The highest BCUT2D eigenvalue weighted by Gasteiger charge is 2.17. The number of hydrogen-bond acceptors (Lipinski definition) is 4. The molecule has 3 rings (SSSR count). The van der Waals surface area contributed by atoms with Gasteiger partial charge in [-0.3, -0.25) is 0 Å². The topological polar surface area (TPSA) is 57.9 Å². The Kier molecular flexibility index (Phi) is 6.92. The van der Waals surface area contributed by atoms with E-state index in [9.17, 15) is 0 Å². The lowest BCUT2D eigenvalue weighted by Gasteiger charge is -2.32. The molecule has 1 aliphatic heterocycles. The summed E-state index contributed by atoms with van der Waals surface area (Å²) < 4.78 is 7.74. The summed E-state index contributed by atoms with van der Waals surface area (Å²) in [4.78, 5) is 13.9. The van der Waals surface area contributed by atoms with Crippen molar-refractivity contribution in [1.82, 2.24) is 19.8 Å². The molecule has 1 atom stereocenters. The lowest BCUT2D eigenvalue weighted by molar-refractivity contribution is 0.0529. The third-order valence-corrected chi connectivity index (χ3v) is 4.93. The van der Waals surface area contributed by atoms with Crippen molar-refractivity contribution in [2.24, 2.45) is 12.0 Å². The molecule has 1 saturated heterocycles. The molecule has 1 unspecified atom stereocenters. The van der Waals surface area contributed by atoms with Gasteiger partial charge in [0.25, 0.3) is 0 Å². The Balaban J connectivity index is 1.63. The van der Waals surface area contributed by atoms with Crippen molar-refractivity contribution in [2.45, 2.75) is 33.0 Å².